The molecule has 3 rings (SSSR count). The van der Waals surface area contributed by atoms with Crippen molar-refractivity contribution in [3.63, 3.8) is 0 Å². The van der Waals surface area contributed by atoms with Gasteiger partial charge in [0.05, 0.1) is 12.2 Å². The molecule has 0 aliphatic carbocycles. The maximum Gasteiger partial charge on any atom is 0.329 e. The quantitative estimate of drug-likeness (QED) is 0.834. The lowest BCUT2D eigenvalue weighted by Crippen LogP contribution is -2.31. The third-order valence-corrected chi connectivity index (χ3v) is 3.07. The Morgan fingerprint density at radius 2 is 1.58 bits per heavy atom. The predicted molar refractivity (Wildman–Crippen MR) is 72.8 cm³/mol. The van der Waals surface area contributed by atoms with Crippen LogP contribution < -0.4 is 10.2 Å². The van der Waals surface area contributed by atoms with E-state index in [1.165, 1.54) is 4.90 Å². The maximum atomic E-state index is 11.8. The average Bonchev–Trinajstić information content (AvgIpc) is 2.79. The highest BCUT2D eigenvalue weighted by Gasteiger charge is 2.31. The predicted octanol–water partition coefficient (Wildman–Crippen LogP) is 2.41. The second-order valence-electron chi connectivity index (χ2n) is 4.27. The number of nitrogens with zero attached hydrogens (tertiary/aromatic N) is 1. The largest absolute Gasteiger partial charge is 0.329 e. The van der Waals surface area contributed by atoms with E-state index >= 15 is 0 Å². The SMILES string of the molecule is O=C1CNC(=O)N1c1ccccc1-c1ccccc1. The molecule has 94 valence electrons. The van der Waals surface area contributed by atoms with Crippen molar-refractivity contribution < 1.29 is 9.59 Å². The van der Waals surface area contributed by atoms with Gasteiger partial charge in [-0.2, -0.15) is 0 Å². The number of rotatable bonds is 2. The van der Waals surface area contributed by atoms with E-state index in [-0.39, 0.29) is 18.5 Å². The number of urea groups is 1. The second kappa shape index (κ2) is 4.57. The third-order valence-electron chi connectivity index (χ3n) is 3.07. The van der Waals surface area contributed by atoms with E-state index in [0.717, 1.165) is 11.1 Å². The van der Waals surface area contributed by atoms with Crippen LogP contribution in [0.4, 0.5) is 10.5 Å². The Hall–Kier alpha value is -2.62. The molecule has 0 atom stereocenters. The van der Waals surface area contributed by atoms with Gasteiger partial charge in [0, 0.05) is 5.56 Å². The summed E-state index contributed by atoms with van der Waals surface area (Å²) in [5, 5.41) is 2.53. The van der Waals surface area contributed by atoms with Crippen molar-refractivity contribution in [2.24, 2.45) is 0 Å². The van der Waals surface area contributed by atoms with Gasteiger partial charge in [-0.25, -0.2) is 9.69 Å². The van der Waals surface area contributed by atoms with Gasteiger partial charge < -0.3 is 5.32 Å². The van der Waals surface area contributed by atoms with Crippen molar-refractivity contribution >= 4 is 17.6 Å². The van der Waals surface area contributed by atoms with Gasteiger partial charge in [0.15, 0.2) is 0 Å². The fraction of sp³-hybridized carbons (Fsp3) is 0.0667. The van der Waals surface area contributed by atoms with Gasteiger partial charge in [0.2, 0.25) is 0 Å². The Morgan fingerprint density at radius 1 is 0.895 bits per heavy atom. The first-order chi connectivity index (χ1) is 9.27. The molecular formula is C15H12N2O2. The molecule has 0 unspecified atom stereocenters. The van der Waals surface area contributed by atoms with Crippen LogP contribution in [-0.2, 0) is 4.79 Å². The number of hydrogen-bond donors (Lipinski definition) is 1. The molecule has 1 fully saturated rings. The molecule has 0 saturated carbocycles. The van der Waals surface area contributed by atoms with Crippen LogP contribution in [0.25, 0.3) is 11.1 Å². The molecule has 4 heteroatoms. The van der Waals surface area contributed by atoms with Gasteiger partial charge in [0.1, 0.15) is 0 Å². The first-order valence-corrected chi connectivity index (χ1v) is 6.02. The first-order valence-electron chi connectivity index (χ1n) is 6.02. The number of para-hydroxylation sites is 1. The Morgan fingerprint density at radius 3 is 2.26 bits per heavy atom. The summed E-state index contributed by atoms with van der Waals surface area (Å²) < 4.78 is 0. The van der Waals surface area contributed by atoms with E-state index in [0.29, 0.717) is 5.69 Å². The van der Waals surface area contributed by atoms with E-state index in [1.54, 1.807) is 6.07 Å². The van der Waals surface area contributed by atoms with Crippen molar-refractivity contribution in [2.75, 3.05) is 11.4 Å². The molecule has 0 spiro atoms. The molecule has 1 aliphatic heterocycles. The van der Waals surface area contributed by atoms with Crippen LogP contribution in [0.15, 0.2) is 54.6 Å². The van der Waals surface area contributed by atoms with Gasteiger partial charge in [-0.1, -0.05) is 48.5 Å². The Bertz CT molecular complexity index is 622. The van der Waals surface area contributed by atoms with E-state index < -0.39 is 0 Å². The van der Waals surface area contributed by atoms with E-state index in [2.05, 4.69) is 5.32 Å². The molecule has 1 saturated heterocycles. The lowest BCUT2D eigenvalue weighted by atomic mass is 10.0. The van der Waals surface area contributed by atoms with Crippen LogP contribution >= 0.6 is 0 Å². The summed E-state index contributed by atoms with van der Waals surface area (Å²) in [5.41, 5.74) is 2.47. The monoisotopic (exact) mass is 252 g/mol. The molecule has 0 radical (unpaired) electrons. The highest BCUT2D eigenvalue weighted by molar-refractivity contribution is 6.21. The third kappa shape index (κ3) is 1.97. The lowest BCUT2D eigenvalue weighted by Gasteiger charge is -2.17. The fourth-order valence-corrected chi connectivity index (χ4v) is 2.20. The van der Waals surface area contributed by atoms with E-state index in [4.69, 9.17) is 0 Å². The molecule has 19 heavy (non-hydrogen) atoms. The number of carbonyl (C=O) groups is 2. The highest BCUT2D eigenvalue weighted by atomic mass is 16.2. The van der Waals surface area contributed by atoms with Crippen molar-refractivity contribution in [1.82, 2.24) is 5.32 Å². The number of amides is 3. The summed E-state index contributed by atoms with van der Waals surface area (Å²) in [6.45, 7) is 0.0575. The molecule has 1 N–H and O–H groups in total. The van der Waals surface area contributed by atoms with E-state index in [9.17, 15) is 9.59 Å². The van der Waals surface area contributed by atoms with Crippen LogP contribution in [-0.4, -0.2) is 18.5 Å². The molecule has 3 amide bonds. The molecule has 1 heterocycles. The number of anilines is 1. The zero-order chi connectivity index (χ0) is 13.2. The zero-order valence-corrected chi connectivity index (χ0v) is 10.2. The number of nitrogens with one attached hydrogen (secondary N) is 1. The summed E-state index contributed by atoms with van der Waals surface area (Å²) in [7, 11) is 0. The smallest absolute Gasteiger partial charge is 0.328 e. The van der Waals surface area contributed by atoms with Crippen molar-refractivity contribution in [3.05, 3.63) is 54.6 Å². The molecule has 4 nitrogen and oxygen atoms in total. The Kier molecular flexibility index (Phi) is 2.76. The minimum atomic E-state index is -0.367. The molecule has 0 bridgehead atoms. The standard InChI is InChI=1S/C15H12N2O2/c18-14-10-16-15(19)17(14)13-9-5-4-8-12(13)11-6-2-1-3-7-11/h1-9H,10H2,(H,16,19). The van der Waals surface area contributed by atoms with Crippen molar-refractivity contribution in [3.8, 4) is 11.1 Å². The molecule has 0 aromatic heterocycles. The summed E-state index contributed by atoms with van der Waals surface area (Å²) in [6, 6.07) is 16.7. The van der Waals surface area contributed by atoms with Crippen LogP contribution in [0.5, 0.6) is 0 Å². The van der Waals surface area contributed by atoms with Gasteiger partial charge >= 0.3 is 6.03 Å². The number of carbonyl (C=O) groups excluding carboxylic acids is 2. The van der Waals surface area contributed by atoms with Gasteiger partial charge in [-0.3, -0.25) is 4.79 Å². The number of imide groups is 1. The topological polar surface area (TPSA) is 49.4 Å². The number of benzene rings is 2. The fourth-order valence-electron chi connectivity index (χ4n) is 2.20. The van der Waals surface area contributed by atoms with Gasteiger partial charge in [0.25, 0.3) is 5.91 Å². The minimum Gasteiger partial charge on any atom is -0.328 e. The van der Waals surface area contributed by atoms with Crippen molar-refractivity contribution in [1.29, 1.82) is 0 Å². The van der Waals surface area contributed by atoms with E-state index in [1.807, 2.05) is 48.5 Å². The van der Waals surface area contributed by atoms with Crippen LogP contribution in [0.1, 0.15) is 0 Å². The van der Waals surface area contributed by atoms with Crippen LogP contribution in [0.2, 0.25) is 0 Å². The molecule has 1 aliphatic rings. The Labute approximate surface area is 110 Å². The highest BCUT2D eigenvalue weighted by Crippen LogP contribution is 2.31. The zero-order valence-electron chi connectivity index (χ0n) is 10.2. The first kappa shape index (κ1) is 11.5. The second-order valence-corrected chi connectivity index (χ2v) is 4.27. The Balaban J connectivity index is 2.13. The maximum absolute atomic E-state index is 11.8. The summed E-state index contributed by atoms with van der Waals surface area (Å²) in [5.74, 6) is -0.228. The van der Waals surface area contributed by atoms with Crippen LogP contribution in [0, 0.1) is 0 Å². The molecule has 2 aromatic carbocycles. The van der Waals surface area contributed by atoms with Crippen molar-refractivity contribution in [2.45, 2.75) is 0 Å². The normalized spacial score (nSPS) is 14.6. The average molecular weight is 252 g/mol. The van der Waals surface area contributed by atoms with Crippen LogP contribution in [0.3, 0.4) is 0 Å². The summed E-state index contributed by atoms with van der Waals surface area (Å²) in [6.07, 6.45) is 0. The summed E-state index contributed by atoms with van der Waals surface area (Å²) >= 11 is 0. The van der Waals surface area contributed by atoms with Gasteiger partial charge in [-0.15, -0.1) is 0 Å². The molecule has 2 aromatic rings. The number of hydrogen-bond acceptors (Lipinski definition) is 2. The lowest BCUT2D eigenvalue weighted by molar-refractivity contribution is -0.115. The molecular weight excluding hydrogens is 240 g/mol. The van der Waals surface area contributed by atoms with Gasteiger partial charge in [-0.05, 0) is 11.6 Å². The minimum absolute atomic E-state index is 0.0575. The summed E-state index contributed by atoms with van der Waals surface area (Å²) in [4.78, 5) is 24.8.